The van der Waals surface area contributed by atoms with Crippen LogP contribution in [0.25, 0.3) is 0 Å². The summed E-state index contributed by atoms with van der Waals surface area (Å²) in [6.07, 6.45) is 1.38. The molecule has 0 aromatic heterocycles. The highest BCUT2D eigenvalue weighted by Crippen LogP contribution is 2.23. The molecule has 0 bridgehead atoms. The number of carbonyl (C=O) groups is 3. The molecule has 0 radical (unpaired) electrons. The van der Waals surface area contributed by atoms with Crippen LogP contribution < -0.4 is 15.5 Å². The molecule has 2 amide bonds. The van der Waals surface area contributed by atoms with E-state index in [0.717, 1.165) is 5.56 Å². The highest BCUT2D eigenvalue weighted by molar-refractivity contribution is 6.36. The zero-order valence-electron chi connectivity index (χ0n) is 17.5. The molecule has 0 atom stereocenters. The summed E-state index contributed by atoms with van der Waals surface area (Å²) in [6.45, 7) is 1.69. The number of carbonyl (C=O) groups excluding carboxylic acids is 3. The van der Waals surface area contributed by atoms with Crippen LogP contribution in [-0.4, -0.2) is 30.5 Å². The molecule has 3 rings (SSSR count). The average Bonchev–Trinajstić information content (AvgIpc) is 2.78. The molecular weight excluding hydrogens is 465 g/mol. The second-order valence-corrected chi connectivity index (χ2v) is 7.77. The van der Waals surface area contributed by atoms with Crippen molar-refractivity contribution in [2.24, 2.45) is 5.10 Å². The molecule has 3 aromatic carbocycles. The first-order valence-electron chi connectivity index (χ1n) is 9.76. The lowest BCUT2D eigenvalue weighted by molar-refractivity contribution is -0.120. The Bertz CT molecular complexity index is 1210. The monoisotopic (exact) mass is 483 g/mol. The molecule has 9 heteroatoms. The minimum Gasteiger partial charge on any atom is -0.423 e. The summed E-state index contributed by atoms with van der Waals surface area (Å²) in [5.74, 6) is -1.22. The van der Waals surface area contributed by atoms with Crippen LogP contribution in [0.1, 0.15) is 31.8 Å². The van der Waals surface area contributed by atoms with Crippen molar-refractivity contribution in [3.05, 3.63) is 99.0 Å². The van der Waals surface area contributed by atoms with Crippen molar-refractivity contribution in [2.45, 2.75) is 6.92 Å². The van der Waals surface area contributed by atoms with E-state index in [1.54, 1.807) is 42.5 Å². The van der Waals surface area contributed by atoms with Gasteiger partial charge in [0.15, 0.2) is 0 Å². The Balaban J connectivity index is 1.51. The number of amides is 2. The van der Waals surface area contributed by atoms with Crippen LogP contribution in [-0.2, 0) is 4.79 Å². The topological polar surface area (TPSA) is 96.9 Å². The second kappa shape index (κ2) is 11.3. The van der Waals surface area contributed by atoms with Gasteiger partial charge in [-0.1, -0.05) is 53.0 Å². The lowest BCUT2D eigenvalue weighted by atomic mass is 10.1. The minimum atomic E-state index is -0.636. The molecule has 7 nitrogen and oxygen atoms in total. The Morgan fingerprint density at radius 2 is 1.76 bits per heavy atom. The number of benzene rings is 3. The van der Waals surface area contributed by atoms with Crippen LogP contribution in [0, 0.1) is 6.92 Å². The van der Waals surface area contributed by atoms with E-state index in [-0.39, 0.29) is 28.8 Å². The van der Waals surface area contributed by atoms with E-state index >= 15 is 0 Å². The molecule has 3 aromatic rings. The van der Waals surface area contributed by atoms with E-state index in [0.29, 0.717) is 16.1 Å². The molecule has 0 fully saturated rings. The molecule has 0 saturated carbocycles. The molecule has 0 saturated heterocycles. The van der Waals surface area contributed by atoms with Gasteiger partial charge in [0.25, 0.3) is 11.8 Å². The number of ether oxygens (including phenoxy) is 1. The van der Waals surface area contributed by atoms with Gasteiger partial charge in [-0.3, -0.25) is 9.59 Å². The van der Waals surface area contributed by atoms with Gasteiger partial charge in [0.2, 0.25) is 0 Å². The van der Waals surface area contributed by atoms with Crippen LogP contribution >= 0.6 is 23.2 Å². The predicted octanol–water partition coefficient (Wildman–Crippen LogP) is 4.40. The molecule has 2 N–H and O–H groups in total. The van der Waals surface area contributed by atoms with E-state index in [4.69, 9.17) is 27.9 Å². The molecular formula is C24H19Cl2N3O4. The number of nitrogens with one attached hydrogen (secondary N) is 2. The quantitative estimate of drug-likeness (QED) is 0.225. The summed E-state index contributed by atoms with van der Waals surface area (Å²) in [5.41, 5.74) is 4.57. The standard InChI is InChI=1S/C24H19Cl2N3O4/c1-15-5-7-17(8-6-15)23(31)27-14-22(30)29-28-13-16-3-2-4-19(11-16)33-24(32)20-10-9-18(25)12-21(20)26/h2-13H,14H2,1H3,(H,27,31)(H,29,30). The third-order valence-corrected chi connectivity index (χ3v) is 4.89. The van der Waals surface area contributed by atoms with Crippen LogP contribution in [0.15, 0.2) is 71.8 Å². The van der Waals surface area contributed by atoms with Crippen LogP contribution in [0.5, 0.6) is 5.75 Å². The van der Waals surface area contributed by atoms with Crippen LogP contribution in [0.2, 0.25) is 10.0 Å². The minimum absolute atomic E-state index is 0.181. The van der Waals surface area contributed by atoms with Gasteiger partial charge in [0.1, 0.15) is 5.75 Å². The number of hydrazone groups is 1. The van der Waals surface area contributed by atoms with Gasteiger partial charge < -0.3 is 10.1 Å². The van der Waals surface area contributed by atoms with Crippen molar-refractivity contribution in [3.63, 3.8) is 0 Å². The van der Waals surface area contributed by atoms with E-state index in [2.05, 4.69) is 15.8 Å². The third kappa shape index (κ3) is 7.17. The lowest BCUT2D eigenvalue weighted by Gasteiger charge is -2.07. The number of hydrogen-bond acceptors (Lipinski definition) is 5. The average molecular weight is 484 g/mol. The number of halogens is 2. The van der Waals surface area contributed by atoms with Gasteiger partial charge in [-0.25, -0.2) is 10.2 Å². The number of aryl methyl sites for hydroxylation is 1. The van der Waals surface area contributed by atoms with Gasteiger partial charge in [-0.15, -0.1) is 0 Å². The fraction of sp³-hybridized carbons (Fsp3) is 0.0833. The number of esters is 1. The first-order valence-corrected chi connectivity index (χ1v) is 10.5. The van der Waals surface area contributed by atoms with Crippen molar-refractivity contribution < 1.29 is 19.1 Å². The fourth-order valence-corrected chi connectivity index (χ4v) is 3.15. The van der Waals surface area contributed by atoms with Gasteiger partial charge in [-0.2, -0.15) is 5.10 Å². The van der Waals surface area contributed by atoms with Gasteiger partial charge in [0, 0.05) is 10.6 Å². The van der Waals surface area contributed by atoms with Gasteiger partial charge in [0.05, 0.1) is 23.3 Å². The molecule has 0 aliphatic heterocycles. The first kappa shape index (κ1) is 24.0. The van der Waals surface area contributed by atoms with Crippen LogP contribution in [0.3, 0.4) is 0 Å². The lowest BCUT2D eigenvalue weighted by Crippen LogP contribution is -2.34. The first-order chi connectivity index (χ1) is 15.8. The Kier molecular flexibility index (Phi) is 8.18. The summed E-state index contributed by atoms with van der Waals surface area (Å²) >= 11 is 11.9. The molecule has 0 heterocycles. The Labute approximate surface area is 200 Å². The fourth-order valence-electron chi connectivity index (χ4n) is 2.66. The highest BCUT2D eigenvalue weighted by Gasteiger charge is 2.13. The van der Waals surface area contributed by atoms with Crippen molar-refractivity contribution in [1.29, 1.82) is 0 Å². The van der Waals surface area contributed by atoms with Crippen LogP contribution in [0.4, 0.5) is 0 Å². The molecule has 0 spiro atoms. The molecule has 0 aliphatic carbocycles. The Morgan fingerprint density at radius 1 is 1.00 bits per heavy atom. The SMILES string of the molecule is Cc1ccc(C(=O)NCC(=O)NN=Cc2cccc(OC(=O)c3ccc(Cl)cc3Cl)c2)cc1. The van der Waals surface area contributed by atoms with Crippen molar-refractivity contribution >= 4 is 47.2 Å². The molecule has 33 heavy (non-hydrogen) atoms. The largest absolute Gasteiger partial charge is 0.423 e. The Hall–Kier alpha value is -3.68. The van der Waals surface area contributed by atoms with E-state index < -0.39 is 11.9 Å². The predicted molar refractivity (Wildman–Crippen MR) is 127 cm³/mol. The van der Waals surface area contributed by atoms with Crippen molar-refractivity contribution in [1.82, 2.24) is 10.7 Å². The maximum absolute atomic E-state index is 12.3. The van der Waals surface area contributed by atoms with Crippen molar-refractivity contribution in [2.75, 3.05) is 6.54 Å². The summed E-state index contributed by atoms with van der Waals surface area (Å²) in [5, 5.41) is 6.97. The van der Waals surface area contributed by atoms with E-state index in [1.165, 1.54) is 18.3 Å². The maximum Gasteiger partial charge on any atom is 0.345 e. The summed E-state index contributed by atoms with van der Waals surface area (Å²) < 4.78 is 5.34. The molecule has 168 valence electrons. The highest BCUT2D eigenvalue weighted by atomic mass is 35.5. The molecule has 0 unspecified atom stereocenters. The van der Waals surface area contributed by atoms with Gasteiger partial charge in [-0.05, 0) is 55.0 Å². The van der Waals surface area contributed by atoms with Gasteiger partial charge >= 0.3 is 5.97 Å². The normalized spacial score (nSPS) is 10.6. The third-order valence-electron chi connectivity index (χ3n) is 4.35. The maximum atomic E-state index is 12.3. The summed E-state index contributed by atoms with van der Waals surface area (Å²) in [4.78, 5) is 36.3. The van der Waals surface area contributed by atoms with Crippen molar-refractivity contribution in [3.8, 4) is 5.75 Å². The van der Waals surface area contributed by atoms with E-state index in [9.17, 15) is 14.4 Å². The summed E-state index contributed by atoms with van der Waals surface area (Å²) in [6, 6.07) is 18.0. The number of rotatable bonds is 7. The number of nitrogens with zero attached hydrogens (tertiary/aromatic N) is 1. The second-order valence-electron chi connectivity index (χ2n) is 6.93. The summed E-state index contributed by atoms with van der Waals surface area (Å²) in [7, 11) is 0. The zero-order chi connectivity index (χ0) is 23.8. The smallest absolute Gasteiger partial charge is 0.345 e. The van der Waals surface area contributed by atoms with E-state index in [1.807, 2.05) is 19.1 Å². The number of hydrogen-bond donors (Lipinski definition) is 2. The molecule has 0 aliphatic rings. The Morgan fingerprint density at radius 3 is 2.48 bits per heavy atom. The zero-order valence-corrected chi connectivity index (χ0v) is 19.0.